The molecule has 23 heavy (non-hydrogen) atoms. The lowest BCUT2D eigenvalue weighted by molar-refractivity contribution is -0.121. The third kappa shape index (κ3) is 8.74. The van der Waals surface area contributed by atoms with Gasteiger partial charge in [-0.2, -0.15) is 5.10 Å². The maximum atomic E-state index is 11.7. The summed E-state index contributed by atoms with van der Waals surface area (Å²) in [5.41, 5.74) is 3.39. The molecule has 1 aromatic rings. The molecule has 0 aliphatic carbocycles. The number of rotatable bonds is 11. The van der Waals surface area contributed by atoms with Crippen molar-refractivity contribution in [3.8, 4) is 5.75 Å². The van der Waals surface area contributed by atoms with Crippen molar-refractivity contribution in [3.05, 3.63) is 28.2 Å². The fraction of sp³-hybridized carbons (Fsp3) is 0.556. The molecular formula is C18H27BrN2O2. The van der Waals surface area contributed by atoms with Gasteiger partial charge in [-0.3, -0.25) is 4.79 Å². The molecule has 1 aromatic carbocycles. The van der Waals surface area contributed by atoms with Gasteiger partial charge in [-0.25, -0.2) is 5.43 Å². The Kier molecular flexibility index (Phi) is 10.4. The van der Waals surface area contributed by atoms with Gasteiger partial charge in [0, 0.05) is 16.5 Å². The van der Waals surface area contributed by atoms with E-state index in [1.165, 1.54) is 32.1 Å². The molecule has 128 valence electrons. The molecule has 0 aromatic heterocycles. The molecule has 1 rings (SSSR count). The molecule has 0 radical (unpaired) electrons. The van der Waals surface area contributed by atoms with Gasteiger partial charge in [0.2, 0.25) is 5.91 Å². The molecule has 1 amide bonds. The van der Waals surface area contributed by atoms with Gasteiger partial charge in [-0.05, 0) is 24.6 Å². The summed E-state index contributed by atoms with van der Waals surface area (Å²) in [6, 6.07) is 5.64. The molecule has 0 heterocycles. The molecule has 0 atom stereocenters. The molecule has 0 saturated heterocycles. The number of carbonyl (C=O) groups is 1. The van der Waals surface area contributed by atoms with Gasteiger partial charge in [0.05, 0.1) is 13.3 Å². The number of ether oxygens (including phenoxy) is 1. The highest BCUT2D eigenvalue weighted by molar-refractivity contribution is 9.10. The normalized spacial score (nSPS) is 10.9. The second kappa shape index (κ2) is 12.1. The summed E-state index contributed by atoms with van der Waals surface area (Å²) in [7, 11) is 1.61. The zero-order valence-corrected chi connectivity index (χ0v) is 15.7. The van der Waals surface area contributed by atoms with Crippen LogP contribution in [-0.4, -0.2) is 19.2 Å². The minimum atomic E-state index is -0.0382. The lowest BCUT2D eigenvalue weighted by Gasteiger charge is -2.05. The average Bonchev–Trinajstić information content (AvgIpc) is 2.54. The molecular weight excluding hydrogens is 356 g/mol. The quantitative estimate of drug-likeness (QED) is 0.330. The Balaban J connectivity index is 2.24. The van der Waals surface area contributed by atoms with E-state index in [-0.39, 0.29) is 5.91 Å². The highest BCUT2D eigenvalue weighted by atomic mass is 79.9. The largest absolute Gasteiger partial charge is 0.496 e. The molecule has 0 aliphatic heterocycles. The van der Waals surface area contributed by atoms with Crippen LogP contribution in [0.15, 0.2) is 27.8 Å². The van der Waals surface area contributed by atoms with Crippen molar-refractivity contribution < 1.29 is 9.53 Å². The van der Waals surface area contributed by atoms with Crippen molar-refractivity contribution in [3.63, 3.8) is 0 Å². The Labute approximate surface area is 147 Å². The molecule has 1 N–H and O–H groups in total. The standard InChI is InChI=1S/C18H27BrN2O2/c1-3-4-5-6-7-8-9-10-18(22)21-20-14-15-13-16(19)11-12-17(15)23-2/h11-14H,3-10H2,1-2H3,(H,21,22)/b20-14+. The van der Waals surface area contributed by atoms with Crippen molar-refractivity contribution in [2.24, 2.45) is 5.10 Å². The van der Waals surface area contributed by atoms with Crippen LogP contribution in [-0.2, 0) is 4.79 Å². The van der Waals surface area contributed by atoms with Gasteiger partial charge in [-0.1, -0.05) is 61.4 Å². The first kappa shape index (κ1) is 19.7. The van der Waals surface area contributed by atoms with Crippen molar-refractivity contribution in [1.82, 2.24) is 5.43 Å². The summed E-state index contributed by atoms with van der Waals surface area (Å²) < 4.78 is 6.19. The van der Waals surface area contributed by atoms with Gasteiger partial charge in [-0.15, -0.1) is 0 Å². The number of nitrogens with zero attached hydrogens (tertiary/aromatic N) is 1. The van der Waals surface area contributed by atoms with Crippen molar-refractivity contribution >= 4 is 28.1 Å². The lowest BCUT2D eigenvalue weighted by atomic mass is 10.1. The zero-order chi connectivity index (χ0) is 16.9. The van der Waals surface area contributed by atoms with E-state index in [1.54, 1.807) is 13.3 Å². The molecule has 4 nitrogen and oxygen atoms in total. The average molecular weight is 383 g/mol. The predicted molar refractivity (Wildman–Crippen MR) is 99.0 cm³/mol. The first-order valence-electron chi connectivity index (χ1n) is 8.32. The number of nitrogens with one attached hydrogen (secondary N) is 1. The smallest absolute Gasteiger partial charge is 0.240 e. The third-order valence-electron chi connectivity index (χ3n) is 3.59. The van der Waals surface area contributed by atoms with E-state index in [0.29, 0.717) is 6.42 Å². The van der Waals surface area contributed by atoms with Crippen LogP contribution in [0.25, 0.3) is 0 Å². The Morgan fingerprint density at radius 1 is 1.22 bits per heavy atom. The van der Waals surface area contributed by atoms with Gasteiger partial charge >= 0.3 is 0 Å². The van der Waals surface area contributed by atoms with E-state index in [4.69, 9.17) is 4.74 Å². The molecule has 0 aliphatic rings. The van der Waals surface area contributed by atoms with Crippen LogP contribution in [0.1, 0.15) is 63.9 Å². The van der Waals surface area contributed by atoms with E-state index in [0.717, 1.165) is 28.6 Å². The van der Waals surface area contributed by atoms with Gasteiger partial charge in [0.1, 0.15) is 5.75 Å². The minimum absolute atomic E-state index is 0.0382. The fourth-order valence-electron chi connectivity index (χ4n) is 2.28. The Hall–Kier alpha value is -1.36. The van der Waals surface area contributed by atoms with Gasteiger partial charge in [0.15, 0.2) is 0 Å². The summed E-state index contributed by atoms with van der Waals surface area (Å²) in [5.74, 6) is 0.682. The van der Waals surface area contributed by atoms with Crippen LogP contribution in [0.5, 0.6) is 5.75 Å². The second-order valence-electron chi connectivity index (χ2n) is 5.55. The topological polar surface area (TPSA) is 50.7 Å². The SMILES string of the molecule is CCCCCCCCCC(=O)N/N=C/c1cc(Br)ccc1OC. The number of carbonyl (C=O) groups excluding carboxylic acids is 1. The van der Waals surface area contributed by atoms with Crippen LogP contribution >= 0.6 is 15.9 Å². The van der Waals surface area contributed by atoms with E-state index in [9.17, 15) is 4.79 Å². The number of hydrogen-bond donors (Lipinski definition) is 1. The molecule has 0 fully saturated rings. The van der Waals surface area contributed by atoms with Gasteiger partial charge < -0.3 is 4.74 Å². The van der Waals surface area contributed by atoms with E-state index >= 15 is 0 Å². The number of amides is 1. The Morgan fingerprint density at radius 2 is 1.91 bits per heavy atom. The zero-order valence-electron chi connectivity index (χ0n) is 14.1. The molecule has 0 spiro atoms. The molecule has 0 bridgehead atoms. The summed E-state index contributed by atoms with van der Waals surface area (Å²) in [6.45, 7) is 2.22. The van der Waals surface area contributed by atoms with E-state index in [1.807, 2.05) is 18.2 Å². The van der Waals surface area contributed by atoms with Crippen molar-refractivity contribution in [2.45, 2.75) is 58.3 Å². The minimum Gasteiger partial charge on any atom is -0.496 e. The number of methoxy groups -OCH3 is 1. The summed E-state index contributed by atoms with van der Waals surface area (Å²) in [4.78, 5) is 11.7. The number of hydrazone groups is 1. The van der Waals surface area contributed by atoms with E-state index in [2.05, 4.69) is 33.4 Å². The fourth-order valence-corrected chi connectivity index (χ4v) is 2.66. The van der Waals surface area contributed by atoms with Crippen molar-refractivity contribution in [1.29, 1.82) is 0 Å². The predicted octanol–water partition coefficient (Wildman–Crippen LogP) is 5.05. The maximum Gasteiger partial charge on any atom is 0.240 e. The summed E-state index contributed by atoms with van der Waals surface area (Å²) in [6.07, 6.45) is 10.5. The van der Waals surface area contributed by atoms with E-state index < -0.39 is 0 Å². The first-order valence-corrected chi connectivity index (χ1v) is 9.12. The van der Waals surface area contributed by atoms with Crippen LogP contribution in [0.2, 0.25) is 0 Å². The van der Waals surface area contributed by atoms with Crippen LogP contribution < -0.4 is 10.2 Å². The highest BCUT2D eigenvalue weighted by Crippen LogP contribution is 2.21. The second-order valence-corrected chi connectivity index (χ2v) is 6.47. The highest BCUT2D eigenvalue weighted by Gasteiger charge is 2.02. The monoisotopic (exact) mass is 382 g/mol. The van der Waals surface area contributed by atoms with Crippen molar-refractivity contribution in [2.75, 3.05) is 7.11 Å². The summed E-state index contributed by atoms with van der Waals surface area (Å²) in [5, 5.41) is 4.01. The van der Waals surface area contributed by atoms with Crippen LogP contribution in [0.4, 0.5) is 0 Å². The number of unbranched alkanes of at least 4 members (excludes halogenated alkanes) is 6. The van der Waals surface area contributed by atoms with Gasteiger partial charge in [0.25, 0.3) is 0 Å². The molecule has 0 unspecified atom stereocenters. The van der Waals surface area contributed by atoms with Crippen LogP contribution in [0.3, 0.4) is 0 Å². The number of halogens is 1. The Bertz CT molecular complexity index is 504. The molecule has 0 saturated carbocycles. The number of benzene rings is 1. The first-order chi connectivity index (χ1) is 11.2. The number of hydrogen-bond acceptors (Lipinski definition) is 3. The third-order valence-corrected chi connectivity index (χ3v) is 4.09. The molecule has 5 heteroatoms. The lowest BCUT2D eigenvalue weighted by Crippen LogP contribution is -2.16. The Morgan fingerprint density at radius 3 is 2.61 bits per heavy atom. The van der Waals surface area contributed by atoms with Crippen LogP contribution in [0, 0.1) is 0 Å². The summed E-state index contributed by atoms with van der Waals surface area (Å²) >= 11 is 3.41. The maximum absolute atomic E-state index is 11.7.